The summed E-state index contributed by atoms with van der Waals surface area (Å²) in [6.07, 6.45) is 1.57. The quantitative estimate of drug-likeness (QED) is 0.463. The third-order valence-corrected chi connectivity index (χ3v) is 8.58. The summed E-state index contributed by atoms with van der Waals surface area (Å²) >= 11 is 0. The van der Waals surface area contributed by atoms with E-state index in [1.54, 1.807) is 29.9 Å². The molecule has 11 heteroatoms. The van der Waals surface area contributed by atoms with Crippen LogP contribution in [-0.4, -0.2) is 76.8 Å². The second-order valence-corrected chi connectivity index (χ2v) is 12.5. The molecule has 3 heterocycles. The van der Waals surface area contributed by atoms with Gasteiger partial charge < -0.3 is 14.2 Å². The van der Waals surface area contributed by atoms with Crippen LogP contribution in [0.1, 0.15) is 46.7 Å². The standard InChI is InChI=1S/C26H38N6O4S/c1-8-10-20-22-23(30(7)28-20)25(33)27-24(32(22)26(3,4)5)19-17-18(11-12-21(19)36-9-2)37(34,35)31-15-13-29(6)14-16-31/h11-12,17H,8-10,13-16H2,1-7H3. The lowest BCUT2D eigenvalue weighted by atomic mass is 10.0. The fourth-order valence-electron chi connectivity index (χ4n) is 4.89. The van der Waals surface area contributed by atoms with Crippen molar-refractivity contribution in [1.82, 2.24) is 28.5 Å². The van der Waals surface area contributed by atoms with Gasteiger partial charge in [-0.25, -0.2) is 8.42 Å². The Labute approximate surface area is 218 Å². The van der Waals surface area contributed by atoms with Gasteiger partial charge in [0.05, 0.1) is 28.3 Å². The Morgan fingerprint density at radius 3 is 2.30 bits per heavy atom. The SMILES string of the molecule is CCCc1nn(C)c2c(=O)nc(-c3cc(S(=O)(=O)N4CCN(C)CC4)ccc3OCC)n(C(C)(C)C)c12. The van der Waals surface area contributed by atoms with E-state index in [1.165, 1.54) is 4.31 Å². The third kappa shape index (κ3) is 5.04. The molecular formula is C26H38N6O4S. The number of benzene rings is 1. The predicted molar refractivity (Wildman–Crippen MR) is 145 cm³/mol. The number of rotatable bonds is 7. The highest BCUT2D eigenvalue weighted by Crippen LogP contribution is 2.36. The van der Waals surface area contributed by atoms with E-state index in [4.69, 9.17) is 4.74 Å². The van der Waals surface area contributed by atoms with Crippen molar-refractivity contribution in [2.75, 3.05) is 39.8 Å². The molecule has 0 bridgehead atoms. The molecule has 4 rings (SSSR count). The molecule has 1 aliphatic heterocycles. The van der Waals surface area contributed by atoms with E-state index >= 15 is 0 Å². The highest BCUT2D eigenvalue weighted by Gasteiger charge is 2.31. The molecule has 37 heavy (non-hydrogen) atoms. The van der Waals surface area contributed by atoms with Crippen LogP contribution in [-0.2, 0) is 29.0 Å². The lowest BCUT2D eigenvalue weighted by molar-refractivity contribution is 0.222. The maximum atomic E-state index is 13.6. The van der Waals surface area contributed by atoms with Gasteiger partial charge in [0, 0.05) is 38.8 Å². The van der Waals surface area contributed by atoms with Crippen molar-refractivity contribution in [2.45, 2.75) is 57.9 Å². The van der Waals surface area contributed by atoms with E-state index in [0.717, 1.165) is 17.6 Å². The van der Waals surface area contributed by atoms with E-state index in [9.17, 15) is 13.2 Å². The summed E-state index contributed by atoms with van der Waals surface area (Å²) in [6, 6.07) is 4.85. The van der Waals surface area contributed by atoms with E-state index in [-0.39, 0.29) is 4.90 Å². The molecule has 2 aromatic heterocycles. The van der Waals surface area contributed by atoms with E-state index in [0.29, 0.717) is 61.9 Å². The van der Waals surface area contributed by atoms with Crippen LogP contribution in [0.25, 0.3) is 22.4 Å². The highest BCUT2D eigenvalue weighted by molar-refractivity contribution is 7.89. The first-order chi connectivity index (χ1) is 17.4. The summed E-state index contributed by atoms with van der Waals surface area (Å²) < 4.78 is 38.3. The maximum absolute atomic E-state index is 13.6. The number of aryl methyl sites for hydroxylation is 2. The normalized spacial score (nSPS) is 16.0. The number of sulfonamides is 1. The van der Waals surface area contributed by atoms with Gasteiger partial charge in [-0.05, 0) is 59.4 Å². The van der Waals surface area contributed by atoms with Gasteiger partial charge in [-0.2, -0.15) is 14.4 Å². The molecule has 0 unspecified atom stereocenters. The molecule has 202 valence electrons. The molecule has 0 N–H and O–H groups in total. The average Bonchev–Trinajstić information content (AvgIpc) is 3.15. The van der Waals surface area contributed by atoms with E-state index in [2.05, 4.69) is 21.9 Å². The van der Waals surface area contributed by atoms with Crippen molar-refractivity contribution in [2.24, 2.45) is 7.05 Å². The molecule has 0 atom stereocenters. The summed E-state index contributed by atoms with van der Waals surface area (Å²) in [4.78, 5) is 20.1. The minimum absolute atomic E-state index is 0.158. The van der Waals surface area contributed by atoms with Gasteiger partial charge in [-0.3, -0.25) is 9.48 Å². The minimum atomic E-state index is -3.74. The molecule has 0 aliphatic carbocycles. The van der Waals surface area contributed by atoms with Crippen LogP contribution in [0.4, 0.5) is 0 Å². The fraction of sp³-hybridized carbons (Fsp3) is 0.577. The monoisotopic (exact) mass is 530 g/mol. The van der Waals surface area contributed by atoms with Gasteiger partial charge >= 0.3 is 0 Å². The summed E-state index contributed by atoms with van der Waals surface area (Å²) in [6.45, 7) is 12.6. The number of aromatic nitrogens is 4. The Hall–Kier alpha value is -2.76. The van der Waals surface area contributed by atoms with E-state index < -0.39 is 21.1 Å². The van der Waals surface area contributed by atoms with Crippen molar-refractivity contribution in [1.29, 1.82) is 0 Å². The fourth-order valence-corrected chi connectivity index (χ4v) is 6.34. The largest absolute Gasteiger partial charge is 0.493 e. The zero-order chi connectivity index (χ0) is 27.1. The van der Waals surface area contributed by atoms with Crippen LogP contribution < -0.4 is 10.3 Å². The zero-order valence-electron chi connectivity index (χ0n) is 22.9. The summed E-state index contributed by atoms with van der Waals surface area (Å²) in [5.74, 6) is 0.847. The molecule has 3 aromatic rings. The number of hydrogen-bond donors (Lipinski definition) is 0. The van der Waals surface area contributed by atoms with Crippen LogP contribution in [0, 0.1) is 0 Å². The van der Waals surface area contributed by atoms with Crippen LogP contribution in [0.3, 0.4) is 0 Å². The average molecular weight is 531 g/mol. The van der Waals surface area contributed by atoms with Gasteiger partial charge in [-0.1, -0.05) is 13.3 Å². The molecule has 1 fully saturated rings. The van der Waals surface area contributed by atoms with Crippen LogP contribution in [0.2, 0.25) is 0 Å². The minimum Gasteiger partial charge on any atom is -0.493 e. The summed E-state index contributed by atoms with van der Waals surface area (Å²) in [5, 5.41) is 4.65. The second-order valence-electron chi connectivity index (χ2n) is 10.6. The number of fused-ring (bicyclic) bond motifs is 1. The van der Waals surface area contributed by atoms with Gasteiger partial charge in [0.25, 0.3) is 5.56 Å². The van der Waals surface area contributed by atoms with Crippen molar-refractivity contribution in [3.63, 3.8) is 0 Å². The van der Waals surface area contributed by atoms with Crippen molar-refractivity contribution >= 4 is 21.1 Å². The first-order valence-corrected chi connectivity index (χ1v) is 14.3. The first kappa shape index (κ1) is 27.3. The molecule has 1 aliphatic rings. The number of nitrogens with zero attached hydrogens (tertiary/aromatic N) is 6. The lowest BCUT2D eigenvalue weighted by Gasteiger charge is -2.32. The van der Waals surface area contributed by atoms with Crippen LogP contribution in [0.15, 0.2) is 27.9 Å². The van der Waals surface area contributed by atoms with Crippen molar-refractivity contribution < 1.29 is 13.2 Å². The van der Waals surface area contributed by atoms with Gasteiger partial charge in [-0.15, -0.1) is 0 Å². The summed E-state index contributed by atoms with van der Waals surface area (Å²) in [7, 11) is -0.00183. The molecule has 1 aromatic carbocycles. The second kappa shape index (κ2) is 10.2. The smallest absolute Gasteiger partial charge is 0.299 e. The topological polar surface area (TPSA) is 103 Å². The van der Waals surface area contributed by atoms with Crippen LogP contribution in [0.5, 0.6) is 5.75 Å². The first-order valence-electron chi connectivity index (χ1n) is 12.8. The molecule has 0 radical (unpaired) electrons. The number of hydrogen-bond acceptors (Lipinski definition) is 7. The number of ether oxygens (including phenoxy) is 1. The molecule has 0 saturated carbocycles. The number of likely N-dealkylation sites (N-methyl/N-ethyl adjacent to an activating group) is 1. The zero-order valence-corrected chi connectivity index (χ0v) is 23.7. The van der Waals surface area contributed by atoms with Gasteiger partial charge in [0.1, 0.15) is 11.6 Å². The predicted octanol–water partition coefficient (Wildman–Crippen LogP) is 2.84. The molecule has 0 spiro atoms. The maximum Gasteiger partial charge on any atom is 0.299 e. The van der Waals surface area contributed by atoms with Gasteiger partial charge in [0.2, 0.25) is 10.0 Å². The van der Waals surface area contributed by atoms with Crippen molar-refractivity contribution in [3.8, 4) is 17.1 Å². The Bertz CT molecular complexity index is 1460. The number of piperazine rings is 1. The Morgan fingerprint density at radius 2 is 1.70 bits per heavy atom. The lowest BCUT2D eigenvalue weighted by Crippen LogP contribution is -2.47. The Morgan fingerprint density at radius 1 is 1.03 bits per heavy atom. The Kier molecular flexibility index (Phi) is 7.51. The molecule has 10 nitrogen and oxygen atoms in total. The highest BCUT2D eigenvalue weighted by atomic mass is 32.2. The Balaban J connectivity index is 2.02. The molecule has 0 amide bonds. The van der Waals surface area contributed by atoms with Crippen LogP contribution >= 0.6 is 0 Å². The molecule has 1 saturated heterocycles. The van der Waals surface area contributed by atoms with Crippen molar-refractivity contribution in [3.05, 3.63) is 34.2 Å². The molecular weight excluding hydrogens is 492 g/mol. The van der Waals surface area contributed by atoms with Gasteiger partial charge in [0.15, 0.2) is 5.52 Å². The third-order valence-electron chi connectivity index (χ3n) is 6.69. The summed E-state index contributed by atoms with van der Waals surface area (Å²) in [5.41, 5.74) is 1.54. The van der Waals surface area contributed by atoms with E-state index in [1.807, 2.05) is 39.3 Å².